The Morgan fingerprint density at radius 3 is 2.88 bits per heavy atom. The number of nitrogens with one attached hydrogen (secondary N) is 1. The molecule has 0 saturated carbocycles. The van der Waals surface area contributed by atoms with Crippen molar-refractivity contribution in [3.05, 3.63) is 69.1 Å². The Hall–Kier alpha value is -1.89. The Bertz CT molecular complexity index is 901. The lowest BCUT2D eigenvalue weighted by molar-refractivity contribution is -0.120. The van der Waals surface area contributed by atoms with E-state index in [2.05, 4.69) is 26.2 Å². The van der Waals surface area contributed by atoms with Crippen molar-refractivity contribution in [2.24, 2.45) is 0 Å². The molecule has 26 heavy (non-hydrogen) atoms. The van der Waals surface area contributed by atoms with Crippen LogP contribution in [0.1, 0.15) is 5.69 Å². The van der Waals surface area contributed by atoms with Gasteiger partial charge in [0, 0.05) is 15.4 Å². The highest BCUT2D eigenvalue weighted by molar-refractivity contribution is 9.10. The second kappa shape index (κ2) is 9.16. The highest BCUT2D eigenvalue weighted by atomic mass is 79.9. The van der Waals surface area contributed by atoms with Crippen LogP contribution < -0.4 is 10.1 Å². The summed E-state index contributed by atoms with van der Waals surface area (Å²) in [5.74, 6) is 0.677. The maximum Gasteiger partial charge on any atom is 0.226 e. The molecule has 4 nitrogen and oxygen atoms in total. The van der Waals surface area contributed by atoms with Crippen LogP contribution in [-0.2, 0) is 11.2 Å². The van der Waals surface area contributed by atoms with Crippen LogP contribution in [0.5, 0.6) is 5.75 Å². The van der Waals surface area contributed by atoms with Gasteiger partial charge in [-0.05, 0) is 24.3 Å². The predicted octanol–water partition coefficient (Wildman–Crippen LogP) is 4.96. The predicted molar refractivity (Wildman–Crippen MR) is 109 cm³/mol. The fourth-order valence-electron chi connectivity index (χ4n) is 2.29. The largest absolute Gasteiger partial charge is 0.492 e. The van der Waals surface area contributed by atoms with E-state index in [9.17, 15) is 4.79 Å². The summed E-state index contributed by atoms with van der Waals surface area (Å²) in [4.78, 5) is 16.6. The Kier molecular flexibility index (Phi) is 6.66. The zero-order valence-electron chi connectivity index (χ0n) is 13.7. The normalized spacial score (nSPS) is 10.5. The molecule has 0 unspecified atom stereocenters. The first-order valence-electron chi connectivity index (χ1n) is 7.96. The highest BCUT2D eigenvalue weighted by Gasteiger charge is 2.10. The molecule has 2 aromatic carbocycles. The number of aromatic nitrogens is 1. The van der Waals surface area contributed by atoms with Crippen LogP contribution in [-0.4, -0.2) is 24.0 Å². The van der Waals surface area contributed by atoms with E-state index >= 15 is 0 Å². The van der Waals surface area contributed by atoms with Gasteiger partial charge in [-0.25, -0.2) is 4.98 Å². The van der Waals surface area contributed by atoms with Crippen molar-refractivity contribution in [1.82, 2.24) is 10.3 Å². The van der Waals surface area contributed by atoms with Gasteiger partial charge < -0.3 is 10.1 Å². The van der Waals surface area contributed by atoms with Crippen LogP contribution in [0, 0.1) is 0 Å². The number of carbonyl (C=O) groups is 1. The van der Waals surface area contributed by atoms with Crippen LogP contribution in [0.15, 0.2) is 58.4 Å². The van der Waals surface area contributed by atoms with Gasteiger partial charge in [0.25, 0.3) is 0 Å². The summed E-state index contributed by atoms with van der Waals surface area (Å²) in [5.41, 5.74) is 1.61. The number of hydrogen-bond donors (Lipinski definition) is 1. The second-order valence-corrected chi connectivity index (χ2v) is 7.64. The fourth-order valence-corrected chi connectivity index (χ4v) is 3.81. The van der Waals surface area contributed by atoms with Gasteiger partial charge in [-0.15, -0.1) is 11.3 Å². The van der Waals surface area contributed by atoms with Crippen molar-refractivity contribution in [2.45, 2.75) is 6.42 Å². The van der Waals surface area contributed by atoms with Crippen molar-refractivity contribution in [3.8, 4) is 16.3 Å². The number of hydrogen-bond acceptors (Lipinski definition) is 4. The van der Waals surface area contributed by atoms with E-state index in [4.69, 9.17) is 16.3 Å². The van der Waals surface area contributed by atoms with Crippen LogP contribution >= 0.6 is 38.9 Å². The number of thiazole rings is 1. The van der Waals surface area contributed by atoms with Gasteiger partial charge in [0.1, 0.15) is 17.4 Å². The second-order valence-electron chi connectivity index (χ2n) is 5.46. The molecule has 0 bridgehead atoms. The van der Waals surface area contributed by atoms with Gasteiger partial charge in [0.15, 0.2) is 0 Å². The maximum absolute atomic E-state index is 12.1. The molecule has 3 aromatic rings. The summed E-state index contributed by atoms with van der Waals surface area (Å²) in [7, 11) is 0. The average molecular weight is 452 g/mol. The summed E-state index contributed by atoms with van der Waals surface area (Å²) in [6.45, 7) is 0.844. The molecule has 0 radical (unpaired) electrons. The van der Waals surface area contributed by atoms with Gasteiger partial charge in [0.05, 0.1) is 23.7 Å². The molecule has 1 N–H and O–H groups in total. The van der Waals surface area contributed by atoms with E-state index < -0.39 is 0 Å². The minimum absolute atomic E-state index is 0.0844. The molecule has 1 heterocycles. The molecule has 0 atom stereocenters. The molecular formula is C19H16BrClN2O2S. The smallest absolute Gasteiger partial charge is 0.226 e. The first-order chi connectivity index (χ1) is 12.6. The van der Waals surface area contributed by atoms with Gasteiger partial charge in [-0.3, -0.25) is 4.79 Å². The molecule has 3 rings (SSSR count). The van der Waals surface area contributed by atoms with E-state index in [1.165, 1.54) is 11.3 Å². The number of halogens is 2. The van der Waals surface area contributed by atoms with Gasteiger partial charge >= 0.3 is 0 Å². The Balaban J connectivity index is 1.46. The summed E-state index contributed by atoms with van der Waals surface area (Å²) < 4.78 is 6.55. The number of carbonyl (C=O) groups excluding carboxylic acids is 1. The standard InChI is InChI=1S/C19H16BrClN2O2S/c20-13-4-3-5-15(10-13)25-9-8-22-18(24)11-14-12-26-19(23-14)16-6-1-2-7-17(16)21/h1-7,10,12H,8-9,11H2,(H,22,24). The van der Waals surface area contributed by atoms with Crippen molar-refractivity contribution in [3.63, 3.8) is 0 Å². The molecule has 0 saturated heterocycles. The molecule has 7 heteroatoms. The summed E-state index contributed by atoms with van der Waals surface area (Å²) in [6.07, 6.45) is 0.234. The number of rotatable bonds is 7. The maximum atomic E-state index is 12.1. The van der Waals surface area contributed by atoms with E-state index in [1.807, 2.05) is 53.9 Å². The molecular weight excluding hydrogens is 436 g/mol. The van der Waals surface area contributed by atoms with Crippen LogP contribution in [0.2, 0.25) is 5.02 Å². The lowest BCUT2D eigenvalue weighted by Gasteiger charge is -2.07. The Morgan fingerprint density at radius 1 is 1.23 bits per heavy atom. The Labute approximate surface area is 169 Å². The summed E-state index contributed by atoms with van der Waals surface area (Å²) in [6, 6.07) is 15.1. The van der Waals surface area contributed by atoms with Crippen LogP contribution in [0.3, 0.4) is 0 Å². The van der Waals surface area contributed by atoms with Crippen LogP contribution in [0.25, 0.3) is 10.6 Å². The third-order valence-corrected chi connectivity index (χ3v) is 5.23. The topological polar surface area (TPSA) is 51.2 Å². The van der Waals surface area contributed by atoms with E-state index in [-0.39, 0.29) is 12.3 Å². The molecule has 0 spiro atoms. The molecule has 0 aliphatic carbocycles. The summed E-state index contributed by atoms with van der Waals surface area (Å²) >= 11 is 11.1. The summed E-state index contributed by atoms with van der Waals surface area (Å²) in [5, 5.41) is 6.20. The molecule has 0 aliphatic heterocycles. The van der Waals surface area contributed by atoms with E-state index in [1.54, 1.807) is 0 Å². The lowest BCUT2D eigenvalue weighted by atomic mass is 10.2. The Morgan fingerprint density at radius 2 is 2.08 bits per heavy atom. The van der Waals surface area contributed by atoms with Gasteiger partial charge in [-0.2, -0.15) is 0 Å². The fraction of sp³-hybridized carbons (Fsp3) is 0.158. The molecule has 0 fully saturated rings. The third-order valence-electron chi connectivity index (χ3n) is 3.49. The molecule has 1 aromatic heterocycles. The zero-order valence-corrected chi connectivity index (χ0v) is 16.9. The molecule has 0 aliphatic rings. The van der Waals surface area contributed by atoms with Crippen molar-refractivity contribution in [2.75, 3.05) is 13.2 Å². The number of amides is 1. The van der Waals surface area contributed by atoms with E-state index in [0.29, 0.717) is 18.2 Å². The first kappa shape index (κ1) is 18.9. The van der Waals surface area contributed by atoms with Crippen molar-refractivity contribution >= 4 is 44.8 Å². The number of nitrogens with zero attached hydrogens (tertiary/aromatic N) is 1. The highest BCUT2D eigenvalue weighted by Crippen LogP contribution is 2.30. The average Bonchev–Trinajstić information content (AvgIpc) is 3.07. The first-order valence-corrected chi connectivity index (χ1v) is 10.0. The van der Waals surface area contributed by atoms with Gasteiger partial charge in [-0.1, -0.05) is 51.8 Å². The molecule has 134 valence electrons. The molecule has 1 amide bonds. The minimum Gasteiger partial charge on any atom is -0.492 e. The quantitative estimate of drug-likeness (QED) is 0.516. The van der Waals surface area contributed by atoms with Crippen molar-refractivity contribution < 1.29 is 9.53 Å². The van der Waals surface area contributed by atoms with Gasteiger partial charge in [0.2, 0.25) is 5.91 Å². The number of ether oxygens (including phenoxy) is 1. The number of benzene rings is 2. The van der Waals surface area contributed by atoms with E-state index in [0.717, 1.165) is 26.5 Å². The zero-order chi connectivity index (χ0) is 18.4. The van der Waals surface area contributed by atoms with Crippen LogP contribution in [0.4, 0.5) is 0 Å². The minimum atomic E-state index is -0.0844. The monoisotopic (exact) mass is 450 g/mol. The third kappa shape index (κ3) is 5.30. The van der Waals surface area contributed by atoms with Crippen molar-refractivity contribution in [1.29, 1.82) is 0 Å². The lowest BCUT2D eigenvalue weighted by Crippen LogP contribution is -2.29. The SMILES string of the molecule is O=C(Cc1csc(-c2ccccc2Cl)n1)NCCOc1cccc(Br)c1.